The molecule has 0 amide bonds. The summed E-state index contributed by atoms with van der Waals surface area (Å²) in [5.41, 5.74) is 0.845. The van der Waals surface area contributed by atoms with E-state index in [0.29, 0.717) is 37.4 Å². The zero-order valence-electron chi connectivity index (χ0n) is 28.4. The molecule has 0 saturated carbocycles. The number of rotatable bonds is 16. The predicted molar refractivity (Wildman–Crippen MR) is 179 cm³/mol. The smallest absolute Gasteiger partial charge is 0.373 e. The third-order valence-corrected chi connectivity index (χ3v) is 8.54. The van der Waals surface area contributed by atoms with Crippen LogP contribution in [0.3, 0.4) is 0 Å². The van der Waals surface area contributed by atoms with Gasteiger partial charge in [0.25, 0.3) is 5.56 Å². The third-order valence-electron chi connectivity index (χ3n) is 8.54. The molecule has 46 heavy (non-hydrogen) atoms. The number of nitrogens with zero attached hydrogens (tertiary/aromatic N) is 4. The van der Waals surface area contributed by atoms with Gasteiger partial charge < -0.3 is 9.64 Å². The maximum Gasteiger partial charge on any atom is 0.422 e. The van der Waals surface area contributed by atoms with Gasteiger partial charge in [0.2, 0.25) is 0 Å². The molecule has 1 saturated heterocycles. The monoisotopic (exact) mass is 645 g/mol. The van der Waals surface area contributed by atoms with Crippen molar-refractivity contribution in [1.82, 2.24) is 20.0 Å². The Kier molecular flexibility index (Phi) is 17.1. The molecule has 0 spiro atoms. The first-order valence-electron chi connectivity index (χ1n) is 17.0. The highest BCUT2D eigenvalue weighted by molar-refractivity contribution is 5.37. The van der Waals surface area contributed by atoms with Crippen LogP contribution in [0.4, 0.5) is 13.2 Å². The number of allylic oxidation sites excluding steroid dienone is 5. The average Bonchev–Trinajstić information content (AvgIpc) is 3.47. The van der Waals surface area contributed by atoms with Crippen LogP contribution in [0.5, 0.6) is 0 Å². The van der Waals surface area contributed by atoms with E-state index in [2.05, 4.69) is 73.0 Å². The van der Waals surface area contributed by atoms with Crippen LogP contribution >= 0.6 is 0 Å². The number of nitriles is 1. The predicted octanol–water partition coefficient (Wildman–Crippen LogP) is 8.43. The number of hydrogen-bond acceptors (Lipinski definition) is 6. The van der Waals surface area contributed by atoms with Gasteiger partial charge >= 0.3 is 6.18 Å². The van der Waals surface area contributed by atoms with Gasteiger partial charge in [0, 0.05) is 31.9 Å². The summed E-state index contributed by atoms with van der Waals surface area (Å²) in [5.74, 6) is 0. The highest BCUT2D eigenvalue weighted by Crippen LogP contribution is 2.40. The minimum absolute atomic E-state index is 0.0184. The lowest BCUT2D eigenvalue weighted by Crippen LogP contribution is -2.47. The Balaban J connectivity index is 0.00000173. The molecule has 3 rings (SSSR count). The molecule has 10 heteroatoms. The van der Waals surface area contributed by atoms with Crippen LogP contribution in [0.2, 0.25) is 0 Å². The number of hydrogen-bond donors (Lipinski definition) is 1. The minimum atomic E-state index is -4.71. The van der Waals surface area contributed by atoms with Gasteiger partial charge in [0.05, 0.1) is 30.0 Å². The lowest BCUT2D eigenvalue weighted by atomic mass is 10.0. The zero-order chi connectivity index (χ0) is 34.1. The molecule has 0 aromatic carbocycles. The van der Waals surface area contributed by atoms with E-state index in [9.17, 15) is 18.0 Å². The van der Waals surface area contributed by atoms with Gasteiger partial charge in [0.15, 0.2) is 0 Å². The molecule has 0 bridgehead atoms. The molecule has 7 nitrogen and oxygen atoms in total. The largest absolute Gasteiger partial charge is 0.422 e. The standard InChI is InChI=1S/C32H44F3N5O2.C4H10/c1-5-11-25(14-13-24(7-3)21-36)12-9-8-10-18-39(17-6-2)23(4)28-22-40(19-20-42-28)27-16-15-26-29(32(33,34)35)31(41)38-37-30(26)27;1-3-4-2/h7,13-14,27-28H,3-6,8-12,15-20,22H2,1-2H3,(H,38,41);3-4H2,1-2H3/b24-13+,25-14+;. The molecule has 2 atom stereocenters. The summed E-state index contributed by atoms with van der Waals surface area (Å²) in [6.45, 7) is 20.0. The van der Waals surface area contributed by atoms with Crippen molar-refractivity contribution in [3.05, 3.63) is 75.4 Å². The molecule has 1 fully saturated rings. The van der Waals surface area contributed by atoms with Crippen molar-refractivity contribution in [1.29, 1.82) is 5.26 Å². The van der Waals surface area contributed by atoms with E-state index < -0.39 is 17.3 Å². The molecule has 256 valence electrons. The van der Waals surface area contributed by atoms with Gasteiger partial charge in [-0.2, -0.15) is 23.5 Å². The lowest BCUT2D eigenvalue weighted by molar-refractivity contribution is -0.139. The molecule has 1 aliphatic carbocycles. The van der Waals surface area contributed by atoms with E-state index in [0.717, 1.165) is 63.7 Å². The summed E-state index contributed by atoms with van der Waals surface area (Å²) in [5, 5.41) is 15.2. The second-order valence-electron chi connectivity index (χ2n) is 12.0. The number of fused-ring (bicyclic) bond motifs is 1. The van der Waals surface area contributed by atoms with Crippen LogP contribution in [-0.2, 0) is 17.3 Å². The Bertz CT molecular complexity index is 1280. The van der Waals surface area contributed by atoms with Crippen molar-refractivity contribution in [3.63, 3.8) is 0 Å². The fraction of sp³-hybridized carbons (Fsp3) is 0.639. The number of unbranched alkanes of at least 4 members (excludes halogenated alkanes) is 3. The SMILES string of the molecule is C=C/C(C#N)=C\C=C(/CCC)CCCCCN(CCC)C(=C)C1CN(C2CCc3c2n[nH]c(=O)c3C(F)(F)F)CCO1.CCCC. The fourth-order valence-electron chi connectivity index (χ4n) is 5.93. The topological polar surface area (TPSA) is 85.3 Å². The van der Waals surface area contributed by atoms with Crippen LogP contribution in [-0.4, -0.2) is 58.9 Å². The van der Waals surface area contributed by atoms with Gasteiger partial charge in [-0.25, -0.2) is 5.10 Å². The number of H-pyrrole nitrogens is 1. The van der Waals surface area contributed by atoms with Gasteiger partial charge in [0.1, 0.15) is 11.7 Å². The average molecular weight is 646 g/mol. The number of nitrogens with one attached hydrogen (secondary N) is 1. The molecule has 1 aliphatic heterocycles. The van der Waals surface area contributed by atoms with E-state index in [1.807, 2.05) is 6.08 Å². The first kappa shape index (κ1) is 39.0. The van der Waals surface area contributed by atoms with Crippen molar-refractivity contribution in [3.8, 4) is 6.07 Å². The van der Waals surface area contributed by atoms with Crippen molar-refractivity contribution in [2.45, 2.75) is 117 Å². The summed E-state index contributed by atoms with van der Waals surface area (Å²) in [6.07, 6.45) is 10.9. The Labute approximate surface area is 273 Å². The molecule has 1 N–H and O–H groups in total. The normalized spacial score (nSPS) is 18.7. The number of aromatic amines is 1. The molecule has 1 aromatic rings. The second-order valence-corrected chi connectivity index (χ2v) is 12.0. The highest BCUT2D eigenvalue weighted by Gasteiger charge is 2.43. The number of morpholine rings is 1. The number of aromatic nitrogens is 2. The van der Waals surface area contributed by atoms with Crippen molar-refractivity contribution < 1.29 is 17.9 Å². The van der Waals surface area contributed by atoms with E-state index >= 15 is 0 Å². The molecule has 2 unspecified atom stereocenters. The van der Waals surface area contributed by atoms with Gasteiger partial charge in [-0.15, -0.1) is 0 Å². The van der Waals surface area contributed by atoms with E-state index in [1.165, 1.54) is 18.4 Å². The summed E-state index contributed by atoms with van der Waals surface area (Å²) in [4.78, 5) is 16.4. The molecule has 2 heterocycles. The van der Waals surface area contributed by atoms with Crippen molar-refractivity contribution >= 4 is 0 Å². The number of ether oxygens (including phenoxy) is 1. The first-order chi connectivity index (χ1) is 22.1. The Morgan fingerprint density at radius 3 is 2.46 bits per heavy atom. The first-order valence-corrected chi connectivity index (χ1v) is 17.0. The molecular formula is C36H54F3N5O2. The Morgan fingerprint density at radius 2 is 1.85 bits per heavy atom. The van der Waals surface area contributed by atoms with Crippen molar-refractivity contribution in [2.75, 3.05) is 32.8 Å². The lowest BCUT2D eigenvalue weighted by Gasteiger charge is -2.40. The van der Waals surface area contributed by atoms with Crippen LogP contribution in [0.1, 0.15) is 115 Å². The Hall–Kier alpha value is -3.16. The summed E-state index contributed by atoms with van der Waals surface area (Å²) in [6, 6.07) is 1.84. The van der Waals surface area contributed by atoms with Crippen LogP contribution in [0.25, 0.3) is 0 Å². The maximum atomic E-state index is 13.6. The quantitative estimate of drug-likeness (QED) is 0.110. The van der Waals surface area contributed by atoms with Gasteiger partial charge in [-0.1, -0.05) is 84.3 Å². The van der Waals surface area contributed by atoms with E-state index in [4.69, 9.17) is 10.00 Å². The highest BCUT2D eigenvalue weighted by atomic mass is 19.4. The van der Waals surface area contributed by atoms with Gasteiger partial charge in [-0.05, 0) is 56.6 Å². The fourth-order valence-corrected chi connectivity index (χ4v) is 5.93. The van der Waals surface area contributed by atoms with Crippen LogP contribution in [0, 0.1) is 11.3 Å². The molecular weight excluding hydrogens is 591 g/mol. The van der Waals surface area contributed by atoms with Crippen LogP contribution < -0.4 is 5.56 Å². The zero-order valence-corrected chi connectivity index (χ0v) is 28.4. The number of alkyl halides is 3. The van der Waals surface area contributed by atoms with Crippen LogP contribution in [0.15, 0.2) is 53.0 Å². The third kappa shape index (κ3) is 11.6. The van der Waals surface area contributed by atoms with Gasteiger partial charge in [-0.3, -0.25) is 9.69 Å². The second kappa shape index (κ2) is 20.2. The minimum Gasteiger partial charge on any atom is -0.373 e. The summed E-state index contributed by atoms with van der Waals surface area (Å²) in [7, 11) is 0. The molecule has 0 radical (unpaired) electrons. The van der Waals surface area contributed by atoms with Crippen molar-refractivity contribution in [2.24, 2.45) is 0 Å². The number of halogens is 3. The molecule has 1 aromatic heterocycles. The summed E-state index contributed by atoms with van der Waals surface area (Å²) < 4.78 is 46.9. The maximum absolute atomic E-state index is 13.6. The Morgan fingerprint density at radius 1 is 1.11 bits per heavy atom. The molecule has 2 aliphatic rings. The van der Waals surface area contributed by atoms with E-state index in [1.54, 1.807) is 6.08 Å². The van der Waals surface area contributed by atoms with E-state index in [-0.39, 0.29) is 24.1 Å². The summed E-state index contributed by atoms with van der Waals surface area (Å²) >= 11 is 0.